The van der Waals surface area contributed by atoms with Crippen LogP contribution in [0.3, 0.4) is 0 Å². The van der Waals surface area contributed by atoms with Gasteiger partial charge in [-0.15, -0.1) is 0 Å². The average Bonchev–Trinajstić information content (AvgIpc) is 2.44. The van der Waals surface area contributed by atoms with Crippen LogP contribution in [0.1, 0.15) is 25.3 Å². The van der Waals surface area contributed by atoms with E-state index in [0.717, 1.165) is 37.5 Å². The molecule has 3 nitrogen and oxygen atoms in total. The highest BCUT2D eigenvalue weighted by atomic mass is 35.5. The minimum absolute atomic E-state index is 0.117. The Kier molecular flexibility index (Phi) is 5.08. The van der Waals surface area contributed by atoms with Crippen LogP contribution >= 0.6 is 11.6 Å². The number of rotatable bonds is 4. The lowest BCUT2D eigenvalue weighted by Gasteiger charge is -2.49. The van der Waals surface area contributed by atoms with Gasteiger partial charge in [0, 0.05) is 29.7 Å². The van der Waals surface area contributed by atoms with Gasteiger partial charge in [0.25, 0.3) is 0 Å². The van der Waals surface area contributed by atoms with Crippen LogP contribution in [-0.2, 0) is 6.54 Å². The van der Waals surface area contributed by atoms with Crippen LogP contribution in [0.5, 0.6) is 0 Å². The molecule has 112 valence electrons. The Balaban J connectivity index is 2.09. The number of nitrogens with zero attached hydrogens (tertiary/aromatic N) is 2. The van der Waals surface area contributed by atoms with E-state index in [4.69, 9.17) is 17.3 Å². The smallest absolute Gasteiger partial charge is 0.0406 e. The molecular formula is C16H26ClN3. The van der Waals surface area contributed by atoms with Crippen LogP contribution in [0.25, 0.3) is 0 Å². The van der Waals surface area contributed by atoms with Crippen molar-refractivity contribution in [3.8, 4) is 0 Å². The van der Waals surface area contributed by atoms with Gasteiger partial charge in [0.1, 0.15) is 0 Å². The summed E-state index contributed by atoms with van der Waals surface area (Å²) in [5.74, 6) is 0. The lowest BCUT2D eigenvalue weighted by Crippen LogP contribution is -2.59. The molecule has 1 fully saturated rings. The van der Waals surface area contributed by atoms with Crippen molar-refractivity contribution < 1.29 is 0 Å². The van der Waals surface area contributed by atoms with Gasteiger partial charge in [-0.05, 0) is 58.1 Å². The normalized spacial score (nSPS) is 28.0. The minimum Gasteiger partial charge on any atom is -0.329 e. The molecule has 0 amide bonds. The maximum atomic E-state index is 6.14. The number of likely N-dealkylation sites (tertiary alicyclic amines) is 1. The molecule has 2 atom stereocenters. The quantitative estimate of drug-likeness (QED) is 0.927. The second-order valence-corrected chi connectivity index (χ2v) is 6.63. The molecular weight excluding hydrogens is 270 g/mol. The van der Waals surface area contributed by atoms with Crippen molar-refractivity contribution in [3.63, 3.8) is 0 Å². The summed E-state index contributed by atoms with van der Waals surface area (Å²) in [6.07, 6.45) is 2.26. The summed E-state index contributed by atoms with van der Waals surface area (Å²) < 4.78 is 0. The average molecular weight is 296 g/mol. The van der Waals surface area contributed by atoms with Crippen molar-refractivity contribution in [3.05, 3.63) is 34.9 Å². The summed E-state index contributed by atoms with van der Waals surface area (Å²) in [6, 6.07) is 8.69. The molecule has 1 aromatic carbocycles. The first kappa shape index (κ1) is 15.8. The monoisotopic (exact) mass is 295 g/mol. The van der Waals surface area contributed by atoms with E-state index in [2.05, 4.69) is 43.0 Å². The number of likely N-dealkylation sites (N-methyl/N-ethyl adjacent to an activating group) is 1. The molecule has 1 heterocycles. The molecule has 4 heteroatoms. The molecule has 0 spiro atoms. The van der Waals surface area contributed by atoms with E-state index >= 15 is 0 Å². The molecule has 1 aromatic rings. The Morgan fingerprint density at radius 3 is 2.60 bits per heavy atom. The Morgan fingerprint density at radius 2 is 2.05 bits per heavy atom. The SMILES string of the molecule is CC1CC(CN)(N(C)Cc2ccc(Cl)cc2)CCN1C. The van der Waals surface area contributed by atoms with Crippen molar-refractivity contribution in [1.82, 2.24) is 9.80 Å². The van der Waals surface area contributed by atoms with Gasteiger partial charge in [-0.25, -0.2) is 0 Å². The van der Waals surface area contributed by atoms with Gasteiger partial charge < -0.3 is 10.6 Å². The van der Waals surface area contributed by atoms with Crippen molar-refractivity contribution in [2.45, 2.75) is 37.9 Å². The number of piperidine rings is 1. The van der Waals surface area contributed by atoms with Crippen molar-refractivity contribution >= 4 is 11.6 Å². The Morgan fingerprint density at radius 1 is 1.40 bits per heavy atom. The fourth-order valence-electron chi connectivity index (χ4n) is 3.13. The van der Waals surface area contributed by atoms with Gasteiger partial charge >= 0.3 is 0 Å². The summed E-state index contributed by atoms with van der Waals surface area (Å²) in [5.41, 5.74) is 7.55. The van der Waals surface area contributed by atoms with E-state index in [0.29, 0.717) is 6.04 Å². The highest BCUT2D eigenvalue weighted by Gasteiger charge is 2.39. The second-order valence-electron chi connectivity index (χ2n) is 6.19. The third-order valence-electron chi connectivity index (χ3n) is 4.88. The Labute approximate surface area is 127 Å². The number of nitrogens with two attached hydrogens (primary N) is 1. The van der Waals surface area contributed by atoms with Crippen LogP contribution in [0.2, 0.25) is 5.02 Å². The largest absolute Gasteiger partial charge is 0.329 e. The third kappa shape index (κ3) is 3.34. The van der Waals surface area contributed by atoms with Crippen LogP contribution in [0.4, 0.5) is 0 Å². The molecule has 2 unspecified atom stereocenters. The van der Waals surface area contributed by atoms with Crippen molar-refractivity contribution in [1.29, 1.82) is 0 Å². The molecule has 0 bridgehead atoms. The molecule has 0 radical (unpaired) electrons. The summed E-state index contributed by atoms with van der Waals surface area (Å²) in [5, 5.41) is 0.790. The molecule has 1 saturated heterocycles. The standard InChI is InChI=1S/C16H26ClN3/c1-13-10-16(12-18,8-9-19(13)2)20(3)11-14-4-6-15(17)7-5-14/h4-7,13H,8-12,18H2,1-3H3. The number of hydrogen-bond acceptors (Lipinski definition) is 3. The summed E-state index contributed by atoms with van der Waals surface area (Å²) >= 11 is 5.95. The molecule has 0 aliphatic carbocycles. The van der Waals surface area contributed by atoms with Crippen molar-refractivity contribution in [2.75, 3.05) is 27.2 Å². The van der Waals surface area contributed by atoms with Gasteiger partial charge in [-0.2, -0.15) is 0 Å². The van der Waals surface area contributed by atoms with Gasteiger partial charge in [-0.3, -0.25) is 4.90 Å². The zero-order valence-electron chi connectivity index (χ0n) is 12.8. The van der Waals surface area contributed by atoms with Gasteiger partial charge in [0.15, 0.2) is 0 Å². The highest BCUT2D eigenvalue weighted by Crippen LogP contribution is 2.31. The summed E-state index contributed by atoms with van der Waals surface area (Å²) in [4.78, 5) is 4.85. The predicted octanol–water partition coefficient (Wildman–Crippen LogP) is 2.58. The topological polar surface area (TPSA) is 32.5 Å². The molecule has 1 aliphatic rings. The number of halogens is 1. The first-order chi connectivity index (χ1) is 9.47. The fraction of sp³-hybridized carbons (Fsp3) is 0.625. The molecule has 2 N–H and O–H groups in total. The fourth-order valence-corrected chi connectivity index (χ4v) is 3.26. The molecule has 2 rings (SSSR count). The zero-order valence-corrected chi connectivity index (χ0v) is 13.5. The predicted molar refractivity (Wildman–Crippen MR) is 86.0 cm³/mol. The van der Waals surface area contributed by atoms with Crippen molar-refractivity contribution in [2.24, 2.45) is 5.73 Å². The van der Waals surface area contributed by atoms with Crippen LogP contribution in [0.15, 0.2) is 24.3 Å². The maximum Gasteiger partial charge on any atom is 0.0406 e. The molecule has 0 aromatic heterocycles. The summed E-state index contributed by atoms with van der Waals surface area (Å²) in [6.45, 7) is 5.04. The van der Waals surface area contributed by atoms with Crippen LogP contribution in [0, 0.1) is 0 Å². The first-order valence-corrected chi connectivity index (χ1v) is 7.71. The molecule has 20 heavy (non-hydrogen) atoms. The first-order valence-electron chi connectivity index (χ1n) is 7.33. The number of hydrogen-bond donors (Lipinski definition) is 1. The van der Waals surface area contributed by atoms with Crippen LogP contribution < -0.4 is 5.73 Å². The minimum atomic E-state index is 0.117. The molecule has 0 saturated carbocycles. The van der Waals surface area contributed by atoms with E-state index < -0.39 is 0 Å². The summed E-state index contributed by atoms with van der Waals surface area (Å²) in [7, 11) is 4.39. The van der Waals surface area contributed by atoms with Gasteiger partial charge in [-0.1, -0.05) is 23.7 Å². The zero-order chi connectivity index (χ0) is 14.8. The van der Waals surface area contributed by atoms with Crippen LogP contribution in [-0.4, -0.2) is 48.6 Å². The van der Waals surface area contributed by atoms with Gasteiger partial charge in [0.05, 0.1) is 0 Å². The third-order valence-corrected chi connectivity index (χ3v) is 5.13. The van der Waals surface area contributed by atoms with E-state index in [1.165, 1.54) is 5.56 Å². The molecule has 1 aliphatic heterocycles. The van der Waals surface area contributed by atoms with E-state index in [9.17, 15) is 0 Å². The lowest BCUT2D eigenvalue weighted by molar-refractivity contribution is 0.0222. The highest BCUT2D eigenvalue weighted by molar-refractivity contribution is 6.30. The van der Waals surface area contributed by atoms with E-state index in [1.54, 1.807) is 0 Å². The van der Waals surface area contributed by atoms with E-state index in [-0.39, 0.29) is 5.54 Å². The Bertz CT molecular complexity index is 434. The van der Waals surface area contributed by atoms with E-state index in [1.807, 2.05) is 12.1 Å². The maximum absolute atomic E-state index is 6.14. The second kappa shape index (κ2) is 6.44. The van der Waals surface area contributed by atoms with Gasteiger partial charge in [0.2, 0.25) is 0 Å². The Hall–Kier alpha value is -0.610. The number of benzene rings is 1. The lowest BCUT2D eigenvalue weighted by atomic mass is 9.82.